The molecule has 5 N–H and O–H groups in total. The number of phenolic OH excluding ortho intramolecular Hbond substituents is 2. The normalized spacial score (nSPS) is 23.0. The molecular formula is C14H20N2O3. The van der Waals surface area contributed by atoms with Crippen molar-refractivity contribution in [3.63, 3.8) is 0 Å². The van der Waals surface area contributed by atoms with Gasteiger partial charge in [-0.15, -0.1) is 0 Å². The molecule has 1 aliphatic carbocycles. The van der Waals surface area contributed by atoms with E-state index in [1.54, 1.807) is 0 Å². The van der Waals surface area contributed by atoms with Crippen LogP contribution in [0.15, 0.2) is 18.2 Å². The Morgan fingerprint density at radius 2 is 2.05 bits per heavy atom. The van der Waals surface area contributed by atoms with E-state index in [1.165, 1.54) is 12.1 Å². The van der Waals surface area contributed by atoms with E-state index in [4.69, 9.17) is 5.73 Å². The second kappa shape index (κ2) is 5.93. The summed E-state index contributed by atoms with van der Waals surface area (Å²) in [5.41, 5.74) is 5.90. The molecule has 0 radical (unpaired) electrons. The van der Waals surface area contributed by atoms with Crippen molar-refractivity contribution in [3.05, 3.63) is 23.8 Å². The van der Waals surface area contributed by atoms with Crippen molar-refractivity contribution >= 4 is 5.91 Å². The Morgan fingerprint density at radius 3 is 2.74 bits per heavy atom. The lowest BCUT2D eigenvalue weighted by Crippen LogP contribution is -2.44. The molecule has 0 aromatic heterocycles. The highest BCUT2D eigenvalue weighted by Crippen LogP contribution is 2.26. The van der Waals surface area contributed by atoms with Crippen LogP contribution in [-0.2, 0) is 0 Å². The molecule has 5 heteroatoms. The van der Waals surface area contributed by atoms with Crippen LogP contribution in [0.25, 0.3) is 0 Å². The molecule has 1 fully saturated rings. The van der Waals surface area contributed by atoms with E-state index < -0.39 is 0 Å². The first kappa shape index (κ1) is 13.7. The number of hydrogen-bond donors (Lipinski definition) is 4. The molecule has 0 bridgehead atoms. The van der Waals surface area contributed by atoms with Crippen molar-refractivity contribution < 1.29 is 15.0 Å². The summed E-state index contributed by atoms with van der Waals surface area (Å²) in [4.78, 5) is 12.1. The molecule has 1 amide bonds. The van der Waals surface area contributed by atoms with Crippen LogP contribution in [0, 0.1) is 5.92 Å². The van der Waals surface area contributed by atoms with Gasteiger partial charge in [-0.2, -0.15) is 0 Å². The molecule has 0 saturated heterocycles. The average molecular weight is 264 g/mol. The van der Waals surface area contributed by atoms with E-state index in [-0.39, 0.29) is 29.0 Å². The molecule has 1 aromatic rings. The SMILES string of the molecule is NCC1CCCCC1NC(=O)c1ccc(O)cc1O. The fourth-order valence-electron chi connectivity index (χ4n) is 2.64. The number of hydrogen-bond acceptors (Lipinski definition) is 4. The minimum Gasteiger partial charge on any atom is -0.508 e. The smallest absolute Gasteiger partial charge is 0.255 e. The van der Waals surface area contributed by atoms with Gasteiger partial charge in [0.2, 0.25) is 0 Å². The van der Waals surface area contributed by atoms with Crippen molar-refractivity contribution in [2.24, 2.45) is 11.7 Å². The van der Waals surface area contributed by atoms with Gasteiger partial charge in [0.1, 0.15) is 11.5 Å². The average Bonchev–Trinajstić information content (AvgIpc) is 2.39. The highest BCUT2D eigenvalue weighted by Gasteiger charge is 2.26. The van der Waals surface area contributed by atoms with E-state index in [0.717, 1.165) is 31.7 Å². The van der Waals surface area contributed by atoms with E-state index in [9.17, 15) is 15.0 Å². The third-order valence-electron chi connectivity index (χ3n) is 3.75. The van der Waals surface area contributed by atoms with Gasteiger partial charge in [0.05, 0.1) is 5.56 Å². The van der Waals surface area contributed by atoms with Gasteiger partial charge in [0, 0.05) is 12.1 Å². The zero-order chi connectivity index (χ0) is 13.8. The topological polar surface area (TPSA) is 95.6 Å². The Bertz CT molecular complexity index is 462. The molecule has 2 rings (SSSR count). The van der Waals surface area contributed by atoms with Crippen LogP contribution in [-0.4, -0.2) is 28.7 Å². The van der Waals surface area contributed by atoms with Gasteiger partial charge in [-0.1, -0.05) is 12.8 Å². The van der Waals surface area contributed by atoms with Gasteiger partial charge in [0.15, 0.2) is 0 Å². The van der Waals surface area contributed by atoms with Gasteiger partial charge in [-0.3, -0.25) is 4.79 Å². The van der Waals surface area contributed by atoms with Gasteiger partial charge in [-0.25, -0.2) is 0 Å². The van der Waals surface area contributed by atoms with Crippen molar-refractivity contribution in [3.8, 4) is 11.5 Å². The van der Waals surface area contributed by atoms with E-state index in [1.807, 2.05) is 0 Å². The Morgan fingerprint density at radius 1 is 1.32 bits per heavy atom. The number of nitrogens with one attached hydrogen (secondary N) is 1. The first-order valence-electron chi connectivity index (χ1n) is 6.64. The van der Waals surface area contributed by atoms with E-state index in [0.29, 0.717) is 12.5 Å². The fourth-order valence-corrected chi connectivity index (χ4v) is 2.64. The summed E-state index contributed by atoms with van der Waals surface area (Å²) in [7, 11) is 0. The van der Waals surface area contributed by atoms with Gasteiger partial charge >= 0.3 is 0 Å². The highest BCUT2D eigenvalue weighted by molar-refractivity contribution is 5.97. The molecule has 2 atom stereocenters. The van der Waals surface area contributed by atoms with Crippen molar-refractivity contribution in [1.82, 2.24) is 5.32 Å². The molecule has 1 saturated carbocycles. The van der Waals surface area contributed by atoms with Crippen LogP contribution < -0.4 is 11.1 Å². The maximum atomic E-state index is 12.1. The zero-order valence-corrected chi connectivity index (χ0v) is 10.8. The van der Waals surface area contributed by atoms with Crippen molar-refractivity contribution in [2.45, 2.75) is 31.7 Å². The number of rotatable bonds is 3. The van der Waals surface area contributed by atoms with Crippen molar-refractivity contribution in [2.75, 3.05) is 6.54 Å². The number of carbonyl (C=O) groups excluding carboxylic acids is 1. The Hall–Kier alpha value is -1.75. The zero-order valence-electron chi connectivity index (χ0n) is 10.8. The van der Waals surface area contributed by atoms with Gasteiger partial charge in [-0.05, 0) is 37.4 Å². The largest absolute Gasteiger partial charge is 0.508 e. The molecule has 1 aromatic carbocycles. The van der Waals surface area contributed by atoms with Crippen molar-refractivity contribution in [1.29, 1.82) is 0 Å². The first-order chi connectivity index (χ1) is 9.11. The molecule has 0 spiro atoms. The van der Waals surface area contributed by atoms with Crippen LogP contribution in [0.1, 0.15) is 36.0 Å². The summed E-state index contributed by atoms with van der Waals surface area (Å²) in [5.74, 6) is -0.288. The minimum atomic E-state index is -0.317. The molecule has 0 aliphatic heterocycles. The second-order valence-corrected chi connectivity index (χ2v) is 5.06. The number of aromatic hydroxyl groups is 2. The summed E-state index contributed by atoms with van der Waals surface area (Å²) >= 11 is 0. The van der Waals surface area contributed by atoms with Crippen LogP contribution >= 0.6 is 0 Å². The summed E-state index contributed by atoms with van der Waals surface area (Å²) in [5, 5.41) is 21.8. The maximum Gasteiger partial charge on any atom is 0.255 e. The van der Waals surface area contributed by atoms with Crippen LogP contribution in [0.4, 0.5) is 0 Å². The molecule has 104 valence electrons. The third kappa shape index (κ3) is 3.17. The summed E-state index contributed by atoms with van der Waals surface area (Å²) in [6, 6.07) is 4.03. The third-order valence-corrected chi connectivity index (χ3v) is 3.75. The minimum absolute atomic E-state index is 0.0634. The summed E-state index contributed by atoms with van der Waals surface area (Å²) in [6.07, 6.45) is 4.19. The van der Waals surface area contributed by atoms with Crippen LogP contribution in [0.5, 0.6) is 11.5 Å². The summed E-state index contributed by atoms with van der Waals surface area (Å²) < 4.78 is 0. The van der Waals surface area contributed by atoms with E-state index in [2.05, 4.69) is 5.32 Å². The van der Waals surface area contributed by atoms with E-state index >= 15 is 0 Å². The Labute approximate surface area is 112 Å². The lowest BCUT2D eigenvalue weighted by atomic mass is 9.84. The molecule has 5 nitrogen and oxygen atoms in total. The fraction of sp³-hybridized carbons (Fsp3) is 0.500. The van der Waals surface area contributed by atoms with Crippen LogP contribution in [0.2, 0.25) is 0 Å². The Balaban J connectivity index is 2.07. The predicted octanol–water partition coefficient (Wildman–Crippen LogP) is 1.35. The first-order valence-corrected chi connectivity index (χ1v) is 6.64. The molecular weight excluding hydrogens is 244 g/mol. The monoisotopic (exact) mass is 264 g/mol. The van der Waals surface area contributed by atoms with Crippen LogP contribution in [0.3, 0.4) is 0 Å². The lowest BCUT2D eigenvalue weighted by molar-refractivity contribution is 0.0905. The summed E-state index contributed by atoms with van der Waals surface area (Å²) in [6.45, 7) is 0.562. The number of carbonyl (C=O) groups is 1. The molecule has 0 heterocycles. The number of benzene rings is 1. The van der Waals surface area contributed by atoms with Gasteiger partial charge in [0.25, 0.3) is 5.91 Å². The highest BCUT2D eigenvalue weighted by atomic mass is 16.3. The second-order valence-electron chi connectivity index (χ2n) is 5.06. The number of nitrogens with two attached hydrogens (primary N) is 1. The molecule has 2 unspecified atom stereocenters. The number of phenols is 2. The Kier molecular flexibility index (Phi) is 4.27. The maximum absolute atomic E-state index is 12.1. The quantitative estimate of drug-likeness (QED) is 0.662. The number of amides is 1. The predicted molar refractivity (Wildman–Crippen MR) is 72.0 cm³/mol. The van der Waals surface area contributed by atoms with Gasteiger partial charge < -0.3 is 21.3 Å². The molecule has 1 aliphatic rings. The molecule has 19 heavy (non-hydrogen) atoms. The standard InChI is InChI=1S/C14H20N2O3/c15-8-9-3-1-2-4-12(9)16-14(19)11-6-5-10(17)7-13(11)18/h5-7,9,12,17-18H,1-4,8,15H2,(H,16,19). The lowest BCUT2D eigenvalue weighted by Gasteiger charge is -2.31.